The SMILES string of the molecule is COC1(c2nc(=S)c(Br)c(C(C)C)[nH]2)CCCCCC1. The second kappa shape index (κ2) is 6.67. The summed E-state index contributed by atoms with van der Waals surface area (Å²) in [6.45, 7) is 4.31. The Morgan fingerprint density at radius 2 is 1.85 bits per heavy atom. The molecular formula is C15H23BrN2OS. The van der Waals surface area contributed by atoms with Gasteiger partial charge < -0.3 is 9.72 Å². The summed E-state index contributed by atoms with van der Waals surface area (Å²) in [6.07, 6.45) is 6.95. The van der Waals surface area contributed by atoms with Gasteiger partial charge in [-0.3, -0.25) is 0 Å². The van der Waals surface area contributed by atoms with E-state index in [1.54, 1.807) is 7.11 Å². The third-order valence-corrected chi connectivity index (χ3v) is 5.56. The lowest BCUT2D eigenvalue weighted by Gasteiger charge is -2.31. The minimum atomic E-state index is -0.297. The van der Waals surface area contributed by atoms with Crippen molar-refractivity contribution in [3.63, 3.8) is 0 Å². The molecule has 1 aliphatic rings. The molecule has 112 valence electrons. The molecule has 0 bridgehead atoms. The minimum absolute atomic E-state index is 0.297. The minimum Gasteiger partial charge on any atom is -0.370 e. The average molecular weight is 359 g/mol. The van der Waals surface area contributed by atoms with Crippen LogP contribution in [0.3, 0.4) is 0 Å². The van der Waals surface area contributed by atoms with E-state index in [0.29, 0.717) is 10.6 Å². The maximum atomic E-state index is 5.92. The van der Waals surface area contributed by atoms with Crippen molar-refractivity contribution in [2.75, 3.05) is 7.11 Å². The van der Waals surface area contributed by atoms with Crippen LogP contribution < -0.4 is 0 Å². The summed E-state index contributed by atoms with van der Waals surface area (Å²) in [6, 6.07) is 0. The fourth-order valence-corrected chi connectivity index (χ4v) is 3.77. The van der Waals surface area contributed by atoms with Gasteiger partial charge in [0.05, 0.1) is 4.47 Å². The summed E-state index contributed by atoms with van der Waals surface area (Å²) in [5.74, 6) is 1.27. The molecule has 1 aromatic rings. The number of hydrogen-bond acceptors (Lipinski definition) is 3. The van der Waals surface area contributed by atoms with E-state index >= 15 is 0 Å². The van der Waals surface area contributed by atoms with E-state index in [-0.39, 0.29) is 5.60 Å². The van der Waals surface area contributed by atoms with Crippen LogP contribution in [0.5, 0.6) is 0 Å². The Labute approximate surface area is 134 Å². The van der Waals surface area contributed by atoms with Crippen LogP contribution in [-0.2, 0) is 10.3 Å². The van der Waals surface area contributed by atoms with E-state index in [9.17, 15) is 0 Å². The van der Waals surface area contributed by atoms with Crippen molar-refractivity contribution in [3.8, 4) is 0 Å². The van der Waals surface area contributed by atoms with Crippen molar-refractivity contribution in [2.24, 2.45) is 0 Å². The molecule has 5 heteroatoms. The molecule has 1 aliphatic carbocycles. The molecule has 20 heavy (non-hydrogen) atoms. The van der Waals surface area contributed by atoms with Gasteiger partial charge in [0.15, 0.2) is 0 Å². The first-order chi connectivity index (χ1) is 9.50. The topological polar surface area (TPSA) is 37.9 Å². The van der Waals surface area contributed by atoms with E-state index in [1.165, 1.54) is 25.7 Å². The van der Waals surface area contributed by atoms with Crippen molar-refractivity contribution in [2.45, 2.75) is 63.9 Å². The van der Waals surface area contributed by atoms with Crippen molar-refractivity contribution in [1.29, 1.82) is 0 Å². The van der Waals surface area contributed by atoms with Gasteiger partial charge in [-0.05, 0) is 34.7 Å². The van der Waals surface area contributed by atoms with E-state index < -0.39 is 0 Å². The number of H-pyrrole nitrogens is 1. The van der Waals surface area contributed by atoms with Crippen molar-refractivity contribution >= 4 is 28.1 Å². The Kier molecular flexibility index (Phi) is 5.37. The predicted octanol–water partition coefficient (Wildman–Crippen LogP) is 5.22. The maximum Gasteiger partial charge on any atom is 0.144 e. The summed E-state index contributed by atoms with van der Waals surface area (Å²) in [4.78, 5) is 8.10. The van der Waals surface area contributed by atoms with Crippen LogP contribution in [0.15, 0.2) is 4.47 Å². The second-order valence-electron chi connectivity index (χ2n) is 5.89. The Morgan fingerprint density at radius 3 is 2.35 bits per heavy atom. The molecule has 1 saturated carbocycles. The fourth-order valence-electron chi connectivity index (χ4n) is 2.93. The standard InChI is InChI=1S/C15H23BrN2OS/c1-10(2)12-11(16)13(20)18-14(17-12)15(19-3)8-6-4-5-7-9-15/h10H,4-9H2,1-3H3,(H,17,18,20). The molecule has 0 radical (unpaired) electrons. The highest BCUT2D eigenvalue weighted by Gasteiger charge is 2.35. The lowest BCUT2D eigenvalue weighted by atomic mass is 9.92. The average Bonchev–Trinajstić information content (AvgIpc) is 2.67. The molecule has 1 heterocycles. The fraction of sp³-hybridized carbons (Fsp3) is 0.733. The zero-order valence-electron chi connectivity index (χ0n) is 12.5. The van der Waals surface area contributed by atoms with Crippen LogP contribution in [0.25, 0.3) is 0 Å². The number of aromatic amines is 1. The first-order valence-corrected chi connectivity index (χ1v) is 8.55. The normalized spacial score (nSPS) is 19.1. The highest BCUT2D eigenvalue weighted by Crippen LogP contribution is 2.38. The number of methoxy groups -OCH3 is 1. The van der Waals surface area contributed by atoms with Crippen LogP contribution in [-0.4, -0.2) is 17.1 Å². The monoisotopic (exact) mass is 358 g/mol. The lowest BCUT2D eigenvalue weighted by molar-refractivity contribution is -0.0354. The number of hydrogen-bond donors (Lipinski definition) is 1. The second-order valence-corrected chi connectivity index (χ2v) is 7.07. The Balaban J connectivity index is 2.51. The zero-order valence-corrected chi connectivity index (χ0v) is 14.9. The molecule has 1 aromatic heterocycles. The number of nitrogens with one attached hydrogen (secondary N) is 1. The van der Waals surface area contributed by atoms with Gasteiger partial charge in [0, 0.05) is 12.8 Å². The van der Waals surface area contributed by atoms with Gasteiger partial charge in [-0.2, -0.15) is 0 Å². The van der Waals surface area contributed by atoms with Gasteiger partial charge in [0.2, 0.25) is 0 Å². The van der Waals surface area contributed by atoms with E-state index in [1.807, 2.05) is 0 Å². The van der Waals surface area contributed by atoms with Gasteiger partial charge in [0.1, 0.15) is 16.1 Å². The quantitative estimate of drug-likeness (QED) is 0.594. The third-order valence-electron chi connectivity index (χ3n) is 4.20. The van der Waals surface area contributed by atoms with Crippen molar-refractivity contribution < 1.29 is 4.74 Å². The molecular weight excluding hydrogens is 336 g/mol. The number of aromatic nitrogens is 2. The van der Waals surface area contributed by atoms with Crippen molar-refractivity contribution in [3.05, 3.63) is 20.6 Å². The number of halogens is 1. The lowest BCUT2D eigenvalue weighted by Crippen LogP contribution is -2.31. The number of rotatable bonds is 3. The molecule has 3 nitrogen and oxygen atoms in total. The first kappa shape index (κ1) is 16.1. The van der Waals surface area contributed by atoms with Crippen LogP contribution in [0.2, 0.25) is 0 Å². The summed E-state index contributed by atoms with van der Waals surface area (Å²) in [5.41, 5.74) is 0.815. The molecule has 0 unspecified atom stereocenters. The Hall–Kier alpha value is -0.260. The summed E-state index contributed by atoms with van der Waals surface area (Å²) in [7, 11) is 1.79. The van der Waals surface area contributed by atoms with Gasteiger partial charge in [0.25, 0.3) is 0 Å². The maximum absolute atomic E-state index is 5.92. The first-order valence-electron chi connectivity index (χ1n) is 7.35. The highest BCUT2D eigenvalue weighted by atomic mass is 79.9. The Morgan fingerprint density at radius 1 is 1.25 bits per heavy atom. The van der Waals surface area contributed by atoms with Gasteiger partial charge in [-0.15, -0.1) is 0 Å². The van der Waals surface area contributed by atoms with Gasteiger partial charge in [-0.25, -0.2) is 4.98 Å². The number of ether oxygens (including phenoxy) is 1. The largest absolute Gasteiger partial charge is 0.370 e. The summed E-state index contributed by atoms with van der Waals surface area (Å²) < 4.78 is 7.46. The van der Waals surface area contributed by atoms with E-state index in [0.717, 1.165) is 28.8 Å². The van der Waals surface area contributed by atoms with Crippen molar-refractivity contribution in [1.82, 2.24) is 9.97 Å². The molecule has 2 rings (SSSR count). The molecule has 1 N–H and O–H groups in total. The molecule has 0 spiro atoms. The van der Waals surface area contributed by atoms with Gasteiger partial charge >= 0.3 is 0 Å². The van der Waals surface area contributed by atoms with E-state index in [2.05, 4.69) is 39.7 Å². The Bertz CT molecular complexity index is 519. The van der Waals surface area contributed by atoms with Crippen LogP contribution in [0, 0.1) is 4.64 Å². The van der Waals surface area contributed by atoms with Gasteiger partial charge in [-0.1, -0.05) is 51.7 Å². The number of nitrogens with zero attached hydrogens (tertiary/aromatic N) is 1. The molecule has 0 aliphatic heterocycles. The third kappa shape index (κ3) is 3.15. The highest BCUT2D eigenvalue weighted by molar-refractivity contribution is 9.10. The smallest absolute Gasteiger partial charge is 0.144 e. The molecule has 0 atom stereocenters. The van der Waals surface area contributed by atoms with Crippen LogP contribution in [0.1, 0.15) is 69.8 Å². The van der Waals surface area contributed by atoms with Crippen LogP contribution in [0.4, 0.5) is 0 Å². The molecule has 0 amide bonds. The zero-order chi connectivity index (χ0) is 14.8. The molecule has 0 saturated heterocycles. The molecule has 1 fully saturated rings. The van der Waals surface area contributed by atoms with E-state index in [4.69, 9.17) is 17.0 Å². The predicted molar refractivity (Wildman–Crippen MR) is 87.6 cm³/mol. The molecule has 0 aromatic carbocycles. The van der Waals surface area contributed by atoms with Crippen LogP contribution >= 0.6 is 28.1 Å². The summed E-state index contributed by atoms with van der Waals surface area (Å²) in [5, 5.41) is 0. The summed E-state index contributed by atoms with van der Waals surface area (Å²) >= 11 is 8.97.